The van der Waals surface area contributed by atoms with Crippen LogP contribution in [-0.2, 0) is 21.5 Å². The van der Waals surface area contributed by atoms with E-state index in [-0.39, 0.29) is 29.8 Å². The van der Waals surface area contributed by atoms with E-state index in [9.17, 15) is 9.59 Å². The zero-order valence-corrected chi connectivity index (χ0v) is 22.8. The second kappa shape index (κ2) is 10.9. The lowest BCUT2D eigenvalue weighted by Gasteiger charge is -2.22. The van der Waals surface area contributed by atoms with Gasteiger partial charge in [-0.25, -0.2) is 4.98 Å². The van der Waals surface area contributed by atoms with Crippen molar-refractivity contribution in [3.05, 3.63) is 77.0 Å². The highest BCUT2D eigenvalue weighted by atomic mass is 16.5. The molecule has 0 atom stereocenters. The summed E-state index contributed by atoms with van der Waals surface area (Å²) in [7, 11) is 1.90. The molecule has 1 fully saturated rings. The standard InChI is InChI=1S/C31H34N4O4/c1-31(2,3)23-11-19(17-32-4)12-24(15-23)34-30(37)22-13-21-14-25(7-8-27(21)38-18-22)39-26-9-10-33-28(16-26)35-29(36)20-5-6-20/h7-16,20,32H,5-6,17-18H2,1-4H3,(H,34,37)(H,33,35,36). The maximum absolute atomic E-state index is 13.2. The minimum Gasteiger partial charge on any atom is -0.488 e. The lowest BCUT2D eigenvalue weighted by atomic mass is 9.85. The number of amides is 2. The van der Waals surface area contributed by atoms with Crippen molar-refractivity contribution in [2.24, 2.45) is 5.92 Å². The van der Waals surface area contributed by atoms with Gasteiger partial charge >= 0.3 is 0 Å². The molecule has 5 rings (SSSR count). The number of hydrogen-bond acceptors (Lipinski definition) is 6. The number of carbonyl (C=O) groups is 2. The zero-order valence-electron chi connectivity index (χ0n) is 22.8. The first-order valence-corrected chi connectivity index (χ1v) is 13.2. The second-order valence-electron chi connectivity index (χ2n) is 11.1. The summed E-state index contributed by atoms with van der Waals surface area (Å²) >= 11 is 0. The van der Waals surface area contributed by atoms with Gasteiger partial charge < -0.3 is 25.4 Å². The van der Waals surface area contributed by atoms with E-state index in [1.54, 1.807) is 18.3 Å². The maximum Gasteiger partial charge on any atom is 0.255 e. The highest BCUT2D eigenvalue weighted by Crippen LogP contribution is 2.34. The van der Waals surface area contributed by atoms with Gasteiger partial charge in [0.15, 0.2) is 0 Å². The topological polar surface area (TPSA) is 102 Å². The highest BCUT2D eigenvalue weighted by molar-refractivity contribution is 6.07. The van der Waals surface area contributed by atoms with Crippen LogP contribution in [0.3, 0.4) is 0 Å². The van der Waals surface area contributed by atoms with Gasteiger partial charge in [-0.15, -0.1) is 0 Å². The Hall–Kier alpha value is -4.17. The van der Waals surface area contributed by atoms with Gasteiger partial charge in [0.25, 0.3) is 5.91 Å². The van der Waals surface area contributed by atoms with E-state index in [2.05, 4.69) is 47.8 Å². The maximum atomic E-state index is 13.2. The van der Waals surface area contributed by atoms with Crippen molar-refractivity contribution in [1.82, 2.24) is 10.3 Å². The SMILES string of the molecule is CNCc1cc(NC(=O)C2=Cc3cc(Oc4ccnc(NC(=O)C5CC5)c4)ccc3OC2)cc(C(C)(C)C)c1. The van der Waals surface area contributed by atoms with Gasteiger partial charge in [-0.05, 0) is 78.9 Å². The average molecular weight is 527 g/mol. The third kappa shape index (κ3) is 6.64. The summed E-state index contributed by atoms with van der Waals surface area (Å²) in [6.07, 6.45) is 5.27. The molecule has 1 aliphatic heterocycles. The van der Waals surface area contributed by atoms with E-state index in [1.807, 2.05) is 43.5 Å². The molecule has 1 saturated carbocycles. The highest BCUT2D eigenvalue weighted by Gasteiger charge is 2.29. The number of aromatic nitrogens is 1. The fourth-order valence-electron chi connectivity index (χ4n) is 4.32. The van der Waals surface area contributed by atoms with Crippen LogP contribution in [0.5, 0.6) is 17.2 Å². The molecule has 0 bridgehead atoms. The molecule has 0 unspecified atom stereocenters. The molecule has 2 heterocycles. The fourth-order valence-corrected chi connectivity index (χ4v) is 4.32. The fraction of sp³-hybridized carbons (Fsp3) is 0.323. The summed E-state index contributed by atoms with van der Waals surface area (Å²) in [6.45, 7) is 7.35. The lowest BCUT2D eigenvalue weighted by Crippen LogP contribution is -2.22. The molecule has 2 amide bonds. The van der Waals surface area contributed by atoms with E-state index in [1.165, 1.54) is 0 Å². The van der Waals surface area contributed by atoms with E-state index >= 15 is 0 Å². The van der Waals surface area contributed by atoms with Crippen molar-refractivity contribution < 1.29 is 19.1 Å². The number of ether oxygens (including phenoxy) is 2. The Morgan fingerprint density at radius 2 is 1.82 bits per heavy atom. The van der Waals surface area contributed by atoms with Crippen LogP contribution in [0.15, 0.2) is 60.3 Å². The molecule has 3 N–H and O–H groups in total. The van der Waals surface area contributed by atoms with Gasteiger partial charge in [-0.3, -0.25) is 9.59 Å². The molecule has 2 aliphatic rings. The summed E-state index contributed by atoms with van der Waals surface area (Å²) in [4.78, 5) is 29.5. The number of benzene rings is 2. The van der Waals surface area contributed by atoms with E-state index in [0.29, 0.717) is 35.2 Å². The monoisotopic (exact) mass is 526 g/mol. The average Bonchev–Trinajstić information content (AvgIpc) is 3.74. The van der Waals surface area contributed by atoms with Gasteiger partial charge in [0.1, 0.15) is 29.7 Å². The smallest absolute Gasteiger partial charge is 0.255 e. The molecule has 8 nitrogen and oxygen atoms in total. The predicted octanol–water partition coefficient (Wildman–Crippen LogP) is 5.65. The molecular weight excluding hydrogens is 492 g/mol. The zero-order chi connectivity index (χ0) is 27.6. The number of rotatable bonds is 8. The van der Waals surface area contributed by atoms with Gasteiger partial charge in [-0.2, -0.15) is 0 Å². The molecule has 1 aliphatic carbocycles. The quantitative estimate of drug-likeness (QED) is 0.350. The molecular formula is C31H34N4O4. The number of hydrogen-bond donors (Lipinski definition) is 3. The van der Waals surface area contributed by atoms with Crippen molar-refractivity contribution in [3.8, 4) is 17.2 Å². The largest absolute Gasteiger partial charge is 0.488 e. The Balaban J connectivity index is 1.31. The lowest BCUT2D eigenvalue weighted by molar-refractivity contribution is -0.117. The Bertz CT molecular complexity index is 1440. The van der Waals surface area contributed by atoms with Gasteiger partial charge in [0.05, 0.1) is 5.57 Å². The molecule has 2 aromatic carbocycles. The summed E-state index contributed by atoms with van der Waals surface area (Å²) < 4.78 is 11.9. The van der Waals surface area contributed by atoms with Crippen LogP contribution < -0.4 is 25.4 Å². The third-order valence-corrected chi connectivity index (χ3v) is 6.65. The molecule has 202 valence electrons. The first-order valence-electron chi connectivity index (χ1n) is 13.2. The molecule has 3 aromatic rings. The number of carbonyl (C=O) groups excluding carboxylic acids is 2. The number of pyridine rings is 1. The van der Waals surface area contributed by atoms with Crippen LogP contribution in [0.1, 0.15) is 50.3 Å². The van der Waals surface area contributed by atoms with Crippen LogP contribution >= 0.6 is 0 Å². The molecule has 8 heteroatoms. The second-order valence-corrected chi connectivity index (χ2v) is 11.1. The normalized spacial score (nSPS) is 14.5. The van der Waals surface area contributed by atoms with Gasteiger partial charge in [-0.1, -0.05) is 26.8 Å². The van der Waals surface area contributed by atoms with E-state index in [0.717, 1.165) is 35.2 Å². The van der Waals surface area contributed by atoms with Gasteiger partial charge in [0.2, 0.25) is 5.91 Å². The van der Waals surface area contributed by atoms with Crippen LogP contribution in [0.2, 0.25) is 0 Å². The van der Waals surface area contributed by atoms with Crippen molar-refractivity contribution in [3.63, 3.8) is 0 Å². The molecule has 1 aromatic heterocycles. The Labute approximate surface area is 228 Å². The van der Waals surface area contributed by atoms with Crippen molar-refractivity contribution in [2.45, 2.75) is 45.6 Å². The van der Waals surface area contributed by atoms with Crippen molar-refractivity contribution in [1.29, 1.82) is 0 Å². The summed E-state index contributed by atoms with van der Waals surface area (Å²) in [6, 6.07) is 15.1. The van der Waals surface area contributed by atoms with Crippen LogP contribution in [0, 0.1) is 5.92 Å². The minimum absolute atomic E-state index is 0.00934. The van der Waals surface area contributed by atoms with Crippen LogP contribution in [0.25, 0.3) is 6.08 Å². The minimum atomic E-state index is -0.210. The molecule has 0 saturated heterocycles. The first-order chi connectivity index (χ1) is 18.7. The number of fused-ring (bicyclic) bond motifs is 1. The summed E-state index contributed by atoms with van der Waals surface area (Å²) in [5.74, 6) is 2.13. The van der Waals surface area contributed by atoms with Crippen LogP contribution in [-0.4, -0.2) is 30.5 Å². The van der Waals surface area contributed by atoms with Crippen LogP contribution in [0.4, 0.5) is 11.5 Å². The van der Waals surface area contributed by atoms with E-state index < -0.39 is 0 Å². The summed E-state index contributed by atoms with van der Waals surface area (Å²) in [5.41, 5.74) is 4.23. The van der Waals surface area contributed by atoms with Crippen molar-refractivity contribution >= 4 is 29.4 Å². The Morgan fingerprint density at radius 1 is 1.03 bits per heavy atom. The van der Waals surface area contributed by atoms with Crippen molar-refractivity contribution in [2.75, 3.05) is 24.3 Å². The third-order valence-electron chi connectivity index (χ3n) is 6.65. The number of anilines is 2. The Kier molecular flexibility index (Phi) is 7.39. The number of nitrogens with one attached hydrogen (secondary N) is 3. The molecule has 0 radical (unpaired) electrons. The van der Waals surface area contributed by atoms with E-state index in [4.69, 9.17) is 9.47 Å². The predicted molar refractivity (Wildman–Crippen MR) is 152 cm³/mol. The van der Waals surface area contributed by atoms with Gasteiger partial charge in [0, 0.05) is 36.0 Å². The summed E-state index contributed by atoms with van der Waals surface area (Å²) in [5, 5.41) is 9.07. The first kappa shape index (κ1) is 26.4. The Morgan fingerprint density at radius 3 is 2.56 bits per heavy atom. The molecule has 0 spiro atoms. The number of nitrogens with zero attached hydrogens (tertiary/aromatic N) is 1. The molecule has 39 heavy (non-hydrogen) atoms.